The minimum absolute atomic E-state index is 0.0676. The summed E-state index contributed by atoms with van der Waals surface area (Å²) in [4.78, 5) is 15.0. The third-order valence-electron chi connectivity index (χ3n) is 2.38. The first-order valence-corrected chi connectivity index (χ1v) is 6.88. The lowest BCUT2D eigenvalue weighted by molar-refractivity contribution is 0.0722. The number of thiophene rings is 1. The van der Waals surface area contributed by atoms with Crippen LogP contribution < -0.4 is 0 Å². The van der Waals surface area contributed by atoms with Gasteiger partial charge >= 0.3 is 0 Å². The maximum atomic E-state index is 12.1. The topological polar surface area (TPSA) is 33.5 Å². The Morgan fingerprint density at radius 2 is 2.29 bits per heavy atom. The summed E-state index contributed by atoms with van der Waals surface area (Å²) in [5.41, 5.74) is 0. The molecule has 0 aliphatic heterocycles. The van der Waals surface area contributed by atoms with E-state index in [-0.39, 0.29) is 5.91 Å². The number of nitrogens with zero attached hydrogens (tertiary/aromatic N) is 1. The quantitative estimate of drug-likeness (QED) is 0.861. The van der Waals surface area contributed by atoms with Gasteiger partial charge in [0, 0.05) is 11.4 Å². The van der Waals surface area contributed by atoms with E-state index >= 15 is 0 Å². The van der Waals surface area contributed by atoms with Crippen LogP contribution in [0.15, 0.2) is 38.7 Å². The molecule has 0 aliphatic carbocycles. The zero-order chi connectivity index (χ0) is 12.3. The van der Waals surface area contributed by atoms with E-state index in [1.807, 2.05) is 19.1 Å². The third kappa shape index (κ3) is 2.98. The highest BCUT2D eigenvalue weighted by Crippen LogP contribution is 2.23. The number of hydrogen-bond acceptors (Lipinski definition) is 3. The molecule has 17 heavy (non-hydrogen) atoms. The summed E-state index contributed by atoms with van der Waals surface area (Å²) in [5.74, 6) is 0.324. The first kappa shape index (κ1) is 12.4. The van der Waals surface area contributed by atoms with Gasteiger partial charge in [0.2, 0.25) is 0 Å². The van der Waals surface area contributed by atoms with Crippen LogP contribution in [0.1, 0.15) is 22.4 Å². The molecule has 2 aromatic heterocycles. The van der Waals surface area contributed by atoms with Crippen molar-refractivity contribution < 1.29 is 9.21 Å². The Morgan fingerprint density at radius 1 is 1.47 bits per heavy atom. The van der Waals surface area contributed by atoms with Crippen molar-refractivity contribution >= 4 is 33.2 Å². The SMILES string of the molecule is CCN(Cc1ccc(Br)s1)C(=O)c1ccco1. The normalized spacial score (nSPS) is 10.5. The number of carbonyl (C=O) groups is 1. The molecule has 2 aromatic rings. The van der Waals surface area contributed by atoms with Crippen molar-refractivity contribution in [2.45, 2.75) is 13.5 Å². The van der Waals surface area contributed by atoms with E-state index in [9.17, 15) is 4.79 Å². The van der Waals surface area contributed by atoms with E-state index in [1.165, 1.54) is 6.26 Å². The maximum Gasteiger partial charge on any atom is 0.289 e. The molecule has 0 saturated carbocycles. The molecule has 0 aliphatic rings. The van der Waals surface area contributed by atoms with Crippen LogP contribution in [0.25, 0.3) is 0 Å². The highest BCUT2D eigenvalue weighted by atomic mass is 79.9. The molecule has 1 amide bonds. The fourth-order valence-electron chi connectivity index (χ4n) is 1.51. The van der Waals surface area contributed by atoms with Gasteiger partial charge in [0.1, 0.15) is 0 Å². The van der Waals surface area contributed by atoms with Gasteiger partial charge in [0.15, 0.2) is 5.76 Å². The number of amides is 1. The second kappa shape index (κ2) is 5.51. The predicted molar refractivity (Wildman–Crippen MR) is 71.1 cm³/mol. The van der Waals surface area contributed by atoms with Gasteiger partial charge in [-0.3, -0.25) is 4.79 Å². The van der Waals surface area contributed by atoms with Crippen molar-refractivity contribution in [1.82, 2.24) is 4.90 Å². The standard InChI is InChI=1S/C12H12BrNO2S/c1-2-14(8-9-5-6-11(13)17-9)12(15)10-4-3-7-16-10/h3-7H,2,8H2,1H3. The maximum absolute atomic E-state index is 12.1. The monoisotopic (exact) mass is 313 g/mol. The third-order valence-corrected chi connectivity index (χ3v) is 3.98. The smallest absolute Gasteiger partial charge is 0.289 e. The summed E-state index contributed by atoms with van der Waals surface area (Å²) in [5, 5.41) is 0. The van der Waals surface area contributed by atoms with Crippen LogP contribution in [-0.4, -0.2) is 17.4 Å². The summed E-state index contributed by atoms with van der Waals surface area (Å²) in [6.45, 7) is 3.24. The molecular weight excluding hydrogens is 302 g/mol. The molecule has 90 valence electrons. The Morgan fingerprint density at radius 3 is 2.82 bits per heavy atom. The summed E-state index contributed by atoms with van der Waals surface area (Å²) in [6.07, 6.45) is 1.52. The molecule has 0 fully saturated rings. The largest absolute Gasteiger partial charge is 0.459 e. The molecule has 2 rings (SSSR count). The molecule has 0 bridgehead atoms. The average Bonchev–Trinajstić information content (AvgIpc) is 2.96. The molecular formula is C12H12BrNO2S. The molecule has 0 atom stereocenters. The molecule has 0 saturated heterocycles. The fraction of sp³-hybridized carbons (Fsp3) is 0.250. The number of hydrogen-bond donors (Lipinski definition) is 0. The number of rotatable bonds is 4. The van der Waals surface area contributed by atoms with E-state index in [0.29, 0.717) is 18.8 Å². The van der Waals surface area contributed by atoms with E-state index in [0.717, 1.165) is 8.66 Å². The van der Waals surface area contributed by atoms with Crippen LogP contribution in [-0.2, 0) is 6.54 Å². The van der Waals surface area contributed by atoms with Crippen molar-refractivity contribution in [1.29, 1.82) is 0 Å². The lowest BCUT2D eigenvalue weighted by Crippen LogP contribution is -2.29. The van der Waals surface area contributed by atoms with Crippen LogP contribution in [0.5, 0.6) is 0 Å². The minimum Gasteiger partial charge on any atom is -0.459 e. The van der Waals surface area contributed by atoms with Crippen molar-refractivity contribution in [3.8, 4) is 0 Å². The zero-order valence-electron chi connectivity index (χ0n) is 9.35. The second-order valence-electron chi connectivity index (χ2n) is 3.50. The lowest BCUT2D eigenvalue weighted by Gasteiger charge is -2.18. The minimum atomic E-state index is -0.0676. The predicted octanol–water partition coefficient (Wildman–Crippen LogP) is 3.77. The number of furan rings is 1. The van der Waals surface area contributed by atoms with Gasteiger partial charge < -0.3 is 9.32 Å². The zero-order valence-corrected chi connectivity index (χ0v) is 11.8. The Bertz CT molecular complexity index is 492. The first-order valence-electron chi connectivity index (χ1n) is 5.27. The second-order valence-corrected chi connectivity index (χ2v) is 6.05. The Labute approximate surface area is 112 Å². The van der Waals surface area contributed by atoms with Gasteiger partial charge in [-0.25, -0.2) is 0 Å². The molecule has 0 spiro atoms. The van der Waals surface area contributed by atoms with Crippen LogP contribution in [0.4, 0.5) is 0 Å². The highest BCUT2D eigenvalue weighted by molar-refractivity contribution is 9.11. The number of halogens is 1. The van der Waals surface area contributed by atoms with Gasteiger partial charge in [-0.1, -0.05) is 0 Å². The Hall–Kier alpha value is -1.07. The summed E-state index contributed by atoms with van der Waals surface area (Å²) in [6, 6.07) is 7.43. The van der Waals surface area contributed by atoms with Crippen LogP contribution in [0, 0.1) is 0 Å². The fourth-order valence-corrected chi connectivity index (χ4v) is 3.01. The molecule has 2 heterocycles. The Kier molecular flexibility index (Phi) is 4.02. The van der Waals surface area contributed by atoms with E-state index < -0.39 is 0 Å². The molecule has 0 radical (unpaired) electrons. The van der Waals surface area contributed by atoms with Gasteiger partial charge in [-0.2, -0.15) is 0 Å². The van der Waals surface area contributed by atoms with E-state index in [1.54, 1.807) is 28.4 Å². The molecule has 3 nitrogen and oxygen atoms in total. The summed E-state index contributed by atoms with van der Waals surface area (Å²) in [7, 11) is 0. The Balaban J connectivity index is 2.09. The van der Waals surface area contributed by atoms with E-state index in [2.05, 4.69) is 15.9 Å². The highest BCUT2D eigenvalue weighted by Gasteiger charge is 2.17. The van der Waals surface area contributed by atoms with Crippen LogP contribution in [0.3, 0.4) is 0 Å². The van der Waals surface area contributed by atoms with Crippen molar-refractivity contribution in [3.63, 3.8) is 0 Å². The van der Waals surface area contributed by atoms with Crippen LogP contribution in [0.2, 0.25) is 0 Å². The molecule has 5 heteroatoms. The van der Waals surface area contributed by atoms with Crippen molar-refractivity contribution in [3.05, 3.63) is 45.0 Å². The van der Waals surface area contributed by atoms with Crippen LogP contribution >= 0.6 is 27.3 Å². The van der Waals surface area contributed by atoms with Crippen molar-refractivity contribution in [2.24, 2.45) is 0 Å². The van der Waals surface area contributed by atoms with E-state index in [4.69, 9.17) is 4.42 Å². The first-order chi connectivity index (χ1) is 8.20. The average molecular weight is 314 g/mol. The molecule has 0 N–H and O–H groups in total. The van der Waals surface area contributed by atoms with Gasteiger partial charge in [0.25, 0.3) is 5.91 Å². The van der Waals surface area contributed by atoms with Gasteiger partial charge in [0.05, 0.1) is 16.6 Å². The van der Waals surface area contributed by atoms with Gasteiger partial charge in [-0.05, 0) is 47.1 Å². The van der Waals surface area contributed by atoms with Gasteiger partial charge in [-0.15, -0.1) is 11.3 Å². The lowest BCUT2D eigenvalue weighted by atomic mass is 10.3. The summed E-state index contributed by atoms with van der Waals surface area (Å²) >= 11 is 5.05. The summed E-state index contributed by atoms with van der Waals surface area (Å²) < 4.78 is 6.20. The van der Waals surface area contributed by atoms with Crippen molar-refractivity contribution in [2.75, 3.05) is 6.54 Å². The number of carbonyl (C=O) groups excluding carboxylic acids is 1. The molecule has 0 aromatic carbocycles. The molecule has 0 unspecified atom stereocenters.